The lowest BCUT2D eigenvalue weighted by atomic mass is 10.1. The van der Waals surface area contributed by atoms with Crippen LogP contribution >= 0.6 is 0 Å². The van der Waals surface area contributed by atoms with Crippen molar-refractivity contribution >= 4 is 29.0 Å². The van der Waals surface area contributed by atoms with Gasteiger partial charge in [0, 0.05) is 40.9 Å². The molecule has 6 N–H and O–H groups in total. The molecule has 0 aromatic heterocycles. The quantitative estimate of drug-likeness (QED) is 0.105. The minimum atomic E-state index is -1.65. The van der Waals surface area contributed by atoms with Gasteiger partial charge in [0.1, 0.15) is 18.9 Å². The second-order valence-corrected chi connectivity index (χ2v) is 8.80. The number of carbonyl (C=O) groups excluding carboxylic acids is 3. The van der Waals surface area contributed by atoms with Crippen LogP contribution in [0.25, 0.3) is 0 Å². The Labute approximate surface area is 230 Å². The number of hydrogen-bond acceptors (Lipinski definition) is 8. The number of amides is 2. The van der Waals surface area contributed by atoms with E-state index in [4.69, 9.17) is 10.8 Å². The van der Waals surface area contributed by atoms with E-state index in [-0.39, 0.29) is 17.2 Å². The highest BCUT2D eigenvalue weighted by molar-refractivity contribution is 5.98. The molecule has 206 valence electrons. The Kier molecular flexibility index (Phi) is 10.6. The van der Waals surface area contributed by atoms with Crippen LogP contribution in [-0.2, 0) is 16.0 Å². The highest BCUT2D eigenvalue weighted by Crippen LogP contribution is 2.15. The fourth-order valence-electron chi connectivity index (χ4n) is 3.63. The average Bonchev–Trinajstić information content (AvgIpc) is 2.95. The van der Waals surface area contributed by atoms with Crippen LogP contribution in [0.15, 0.2) is 72.8 Å². The summed E-state index contributed by atoms with van der Waals surface area (Å²) in [5.74, 6) is 4.38. The second-order valence-electron chi connectivity index (χ2n) is 8.80. The summed E-state index contributed by atoms with van der Waals surface area (Å²) in [4.78, 5) is 46.5. The lowest BCUT2D eigenvalue weighted by Crippen LogP contribution is -2.53. The zero-order valence-electron chi connectivity index (χ0n) is 21.4. The summed E-state index contributed by atoms with van der Waals surface area (Å²) in [7, 11) is 0. The molecule has 0 bridgehead atoms. The lowest BCUT2D eigenvalue weighted by Gasteiger charge is -2.19. The summed E-state index contributed by atoms with van der Waals surface area (Å²) in [6.45, 7) is -0.868. The van der Waals surface area contributed by atoms with E-state index in [1.807, 2.05) is 0 Å². The van der Waals surface area contributed by atoms with Gasteiger partial charge in [-0.3, -0.25) is 24.5 Å². The van der Waals surface area contributed by atoms with Gasteiger partial charge in [-0.05, 0) is 66.9 Å². The van der Waals surface area contributed by atoms with Gasteiger partial charge in [0.15, 0.2) is 5.78 Å². The van der Waals surface area contributed by atoms with Crippen molar-refractivity contribution in [1.82, 2.24) is 5.32 Å². The third-order valence-corrected chi connectivity index (χ3v) is 5.81. The van der Waals surface area contributed by atoms with Gasteiger partial charge >= 0.3 is 0 Å². The molecule has 0 aliphatic heterocycles. The second kappa shape index (κ2) is 14.3. The van der Waals surface area contributed by atoms with E-state index in [1.165, 1.54) is 24.3 Å². The van der Waals surface area contributed by atoms with Crippen LogP contribution in [-0.4, -0.2) is 51.6 Å². The number of aliphatic hydroxyl groups excluding tert-OH is 2. The highest BCUT2D eigenvalue weighted by Gasteiger charge is 2.25. The summed E-state index contributed by atoms with van der Waals surface area (Å²) in [6.07, 6.45) is -0.114. The van der Waals surface area contributed by atoms with Crippen LogP contribution in [0.2, 0.25) is 0 Å². The molecular weight excluding hydrogens is 516 g/mol. The molecule has 3 aromatic carbocycles. The van der Waals surface area contributed by atoms with Gasteiger partial charge in [-0.1, -0.05) is 24.0 Å². The average molecular weight is 545 g/mol. The first-order valence-corrected chi connectivity index (χ1v) is 12.3. The number of nitrogens with one attached hydrogen (secondary N) is 2. The van der Waals surface area contributed by atoms with Crippen LogP contribution in [0.3, 0.4) is 0 Å². The van der Waals surface area contributed by atoms with E-state index in [1.54, 1.807) is 48.5 Å². The monoisotopic (exact) mass is 544 g/mol. The SMILES string of the molecule is N[C@@H](O)[C@H](NC(=O)c1ccc(C#Cc2ccc(NC(=O)CCCc3ccc([N+](=O)[O-])cc3)cc2)cc1)C(=O)CO. The van der Waals surface area contributed by atoms with Crippen LogP contribution < -0.4 is 16.4 Å². The molecule has 0 aliphatic carbocycles. The van der Waals surface area contributed by atoms with Gasteiger partial charge in [-0.25, -0.2) is 0 Å². The normalized spacial score (nSPS) is 11.9. The number of nitro benzene ring substituents is 1. The Morgan fingerprint density at radius 2 is 1.50 bits per heavy atom. The number of nitrogens with two attached hydrogens (primary N) is 1. The van der Waals surface area contributed by atoms with Crippen LogP contribution in [0.5, 0.6) is 0 Å². The zero-order valence-corrected chi connectivity index (χ0v) is 21.4. The van der Waals surface area contributed by atoms with Gasteiger partial charge in [0.2, 0.25) is 5.91 Å². The number of nitro groups is 1. The Morgan fingerprint density at radius 3 is 2.02 bits per heavy atom. The van der Waals surface area contributed by atoms with E-state index >= 15 is 0 Å². The molecular formula is C29H28N4O7. The highest BCUT2D eigenvalue weighted by atomic mass is 16.6. The number of non-ortho nitro benzene ring substituents is 1. The summed E-state index contributed by atoms with van der Waals surface area (Å²) in [6, 6.07) is 18.1. The van der Waals surface area contributed by atoms with Crippen LogP contribution in [0.1, 0.15) is 39.9 Å². The Bertz CT molecular complexity index is 1410. The Hall–Kier alpha value is -4.89. The molecule has 3 aromatic rings. The van der Waals surface area contributed by atoms with Crippen molar-refractivity contribution in [2.45, 2.75) is 31.5 Å². The number of carbonyl (C=O) groups is 3. The first kappa shape index (κ1) is 29.7. The molecule has 0 saturated carbocycles. The molecule has 0 radical (unpaired) electrons. The number of nitrogens with zero attached hydrogens (tertiary/aromatic N) is 1. The van der Waals surface area contributed by atoms with Gasteiger partial charge in [-0.15, -0.1) is 0 Å². The predicted molar refractivity (Wildman–Crippen MR) is 147 cm³/mol. The first-order valence-electron chi connectivity index (χ1n) is 12.3. The number of rotatable bonds is 11. The number of anilines is 1. The van der Waals surface area contributed by atoms with Gasteiger partial charge in [-0.2, -0.15) is 0 Å². The number of Topliss-reactive ketones (excluding diaryl/α,β-unsaturated/α-hetero) is 1. The molecule has 11 heteroatoms. The number of ketones is 1. The molecule has 0 aliphatic rings. The third kappa shape index (κ3) is 8.85. The Balaban J connectivity index is 1.48. The summed E-state index contributed by atoms with van der Waals surface area (Å²) in [5, 5.41) is 34.3. The van der Waals surface area contributed by atoms with Crippen molar-refractivity contribution in [2.24, 2.45) is 5.73 Å². The molecule has 0 saturated heterocycles. The minimum Gasteiger partial charge on any atom is -0.388 e. The lowest BCUT2D eigenvalue weighted by molar-refractivity contribution is -0.384. The van der Waals surface area contributed by atoms with E-state index in [2.05, 4.69) is 22.5 Å². The molecule has 0 unspecified atom stereocenters. The summed E-state index contributed by atoms with van der Waals surface area (Å²) >= 11 is 0. The van der Waals surface area contributed by atoms with Gasteiger partial charge in [0.05, 0.1) is 4.92 Å². The molecule has 0 spiro atoms. The molecule has 40 heavy (non-hydrogen) atoms. The molecule has 3 rings (SSSR count). The van der Waals surface area contributed by atoms with Crippen LogP contribution in [0.4, 0.5) is 11.4 Å². The Morgan fingerprint density at radius 1 is 0.925 bits per heavy atom. The zero-order chi connectivity index (χ0) is 29.1. The van der Waals surface area contributed by atoms with E-state index in [9.17, 15) is 29.6 Å². The third-order valence-electron chi connectivity index (χ3n) is 5.81. The fourth-order valence-corrected chi connectivity index (χ4v) is 3.63. The first-order chi connectivity index (χ1) is 19.2. The maximum absolute atomic E-state index is 12.3. The van der Waals surface area contributed by atoms with Crippen molar-refractivity contribution in [3.63, 3.8) is 0 Å². The van der Waals surface area contributed by atoms with Crippen LogP contribution in [0, 0.1) is 22.0 Å². The molecule has 0 heterocycles. The molecule has 2 atom stereocenters. The van der Waals surface area contributed by atoms with Crippen molar-refractivity contribution in [3.05, 3.63) is 105 Å². The van der Waals surface area contributed by atoms with Crippen molar-refractivity contribution in [3.8, 4) is 11.8 Å². The number of benzene rings is 3. The number of aryl methyl sites for hydroxylation is 1. The number of hydrogen-bond donors (Lipinski definition) is 5. The minimum absolute atomic E-state index is 0.0334. The molecule has 0 fully saturated rings. The topological polar surface area (TPSA) is 185 Å². The maximum atomic E-state index is 12.3. The maximum Gasteiger partial charge on any atom is 0.269 e. The standard InChI is InChI=1S/C29H28N4O7/c30-28(37)27(25(35)18-34)32-29(38)22-12-6-20(7-13-22)4-5-21-8-14-23(15-9-21)31-26(36)3-1-2-19-10-16-24(17-11-19)33(39)40/h6-17,27-28,34,37H,1-3,18,30H2,(H,31,36)(H,32,38)/t27-,28+/m1/s1. The van der Waals surface area contributed by atoms with Crippen molar-refractivity contribution < 1.29 is 29.5 Å². The number of aliphatic hydroxyl groups is 2. The summed E-state index contributed by atoms with van der Waals surface area (Å²) < 4.78 is 0. The van der Waals surface area contributed by atoms with E-state index in [0.29, 0.717) is 36.1 Å². The van der Waals surface area contributed by atoms with E-state index in [0.717, 1.165) is 5.56 Å². The van der Waals surface area contributed by atoms with E-state index < -0.39 is 35.5 Å². The van der Waals surface area contributed by atoms with Crippen molar-refractivity contribution in [1.29, 1.82) is 0 Å². The van der Waals surface area contributed by atoms with Crippen molar-refractivity contribution in [2.75, 3.05) is 11.9 Å². The predicted octanol–water partition coefficient (Wildman–Crippen LogP) is 1.89. The molecule has 11 nitrogen and oxygen atoms in total. The molecule has 2 amide bonds. The van der Waals surface area contributed by atoms with Gasteiger partial charge < -0.3 is 26.6 Å². The van der Waals surface area contributed by atoms with Gasteiger partial charge in [0.25, 0.3) is 11.6 Å². The fraction of sp³-hybridized carbons (Fsp3) is 0.207. The smallest absolute Gasteiger partial charge is 0.269 e. The largest absolute Gasteiger partial charge is 0.388 e. The summed E-state index contributed by atoms with van der Waals surface area (Å²) in [5.41, 5.74) is 8.44.